The molecule has 10 nitrogen and oxygen atoms in total. The SMILES string of the molecule is C=CCOC12Oc3ccc(O)cc3C3C(CCCCO)C(CCCCO)C=C(C(=NOC)CC1N(C)C(=O)Cc1cccc(OC)c1)C32. The van der Waals surface area contributed by atoms with Crippen LogP contribution in [-0.4, -0.2) is 84.8 Å². The largest absolute Gasteiger partial charge is 0.508 e. The van der Waals surface area contributed by atoms with E-state index in [0.29, 0.717) is 30.8 Å². The Morgan fingerprint density at radius 3 is 2.58 bits per heavy atom. The van der Waals surface area contributed by atoms with Crippen LogP contribution in [0.15, 0.2) is 71.9 Å². The number of hydrogen-bond donors (Lipinski definition) is 3. The normalized spacial score (nSPS) is 26.5. The smallest absolute Gasteiger partial charge is 0.239 e. The second-order valence-corrected chi connectivity index (χ2v) is 13.0. The zero-order chi connectivity index (χ0) is 34.3. The molecule has 0 radical (unpaired) electrons. The lowest BCUT2D eigenvalue weighted by atomic mass is 9.55. The van der Waals surface area contributed by atoms with Crippen LogP contribution in [-0.2, 0) is 20.8 Å². The van der Waals surface area contributed by atoms with E-state index in [1.165, 1.54) is 7.11 Å². The second kappa shape index (κ2) is 16.0. The number of unbranched alkanes of at least 4 members (excludes halogenated alkanes) is 2. The summed E-state index contributed by atoms with van der Waals surface area (Å²) in [5.41, 5.74) is 3.39. The molecule has 3 N–H and O–H groups in total. The first-order valence-electron chi connectivity index (χ1n) is 17.0. The van der Waals surface area contributed by atoms with Crippen LogP contribution in [0.1, 0.15) is 62.0 Å². The van der Waals surface area contributed by atoms with E-state index in [4.69, 9.17) is 19.0 Å². The highest BCUT2D eigenvalue weighted by molar-refractivity contribution is 6.03. The van der Waals surface area contributed by atoms with Gasteiger partial charge >= 0.3 is 0 Å². The Bertz CT molecular complexity index is 1490. The predicted molar refractivity (Wildman–Crippen MR) is 183 cm³/mol. The molecule has 2 aliphatic carbocycles. The Hall–Kier alpha value is -3.86. The van der Waals surface area contributed by atoms with Crippen molar-refractivity contribution in [3.63, 3.8) is 0 Å². The molecule has 6 unspecified atom stereocenters. The lowest BCUT2D eigenvalue weighted by Gasteiger charge is -2.59. The summed E-state index contributed by atoms with van der Waals surface area (Å²) < 4.78 is 19.2. The van der Waals surface area contributed by atoms with E-state index in [9.17, 15) is 20.1 Å². The lowest BCUT2D eigenvalue weighted by Crippen LogP contribution is -2.69. The molecule has 0 spiro atoms. The van der Waals surface area contributed by atoms with Crippen molar-refractivity contribution in [1.82, 2.24) is 4.90 Å². The van der Waals surface area contributed by atoms with Crippen molar-refractivity contribution in [3.05, 3.63) is 77.9 Å². The molecule has 1 amide bonds. The van der Waals surface area contributed by atoms with Crippen LogP contribution in [0.25, 0.3) is 0 Å². The zero-order valence-electron chi connectivity index (χ0n) is 28.3. The summed E-state index contributed by atoms with van der Waals surface area (Å²) in [7, 11) is 4.91. The van der Waals surface area contributed by atoms with Crippen LogP contribution < -0.4 is 9.47 Å². The number of amides is 1. The molecule has 0 saturated heterocycles. The number of aromatic hydroxyl groups is 1. The van der Waals surface area contributed by atoms with Crippen molar-refractivity contribution >= 4 is 11.6 Å². The van der Waals surface area contributed by atoms with Gasteiger partial charge in [-0.05, 0) is 79.0 Å². The number of carbonyl (C=O) groups excluding carboxylic acids is 1. The molecular weight excluding hydrogens is 612 g/mol. The van der Waals surface area contributed by atoms with Gasteiger partial charge in [0.1, 0.15) is 30.4 Å². The third kappa shape index (κ3) is 7.11. The third-order valence-corrected chi connectivity index (χ3v) is 10.2. The van der Waals surface area contributed by atoms with E-state index in [0.717, 1.165) is 48.1 Å². The van der Waals surface area contributed by atoms with Gasteiger partial charge in [-0.25, -0.2) is 0 Å². The van der Waals surface area contributed by atoms with Gasteiger partial charge < -0.3 is 39.3 Å². The number of carbonyl (C=O) groups is 1. The summed E-state index contributed by atoms with van der Waals surface area (Å²) in [6.45, 7) is 4.36. The van der Waals surface area contributed by atoms with Crippen LogP contribution in [0.3, 0.4) is 0 Å². The minimum atomic E-state index is -1.31. The van der Waals surface area contributed by atoms with E-state index in [1.807, 2.05) is 24.3 Å². The van der Waals surface area contributed by atoms with Crippen molar-refractivity contribution in [3.8, 4) is 17.2 Å². The second-order valence-electron chi connectivity index (χ2n) is 13.0. The van der Waals surface area contributed by atoms with Gasteiger partial charge in [0, 0.05) is 38.2 Å². The van der Waals surface area contributed by atoms with Crippen LogP contribution in [0.2, 0.25) is 0 Å². The fourth-order valence-electron chi connectivity index (χ4n) is 8.10. The number of likely N-dealkylation sites (N-methyl/N-ethyl adjacent to an activating group) is 1. The fraction of sp³-hybridized carbons (Fsp3) is 0.526. The van der Waals surface area contributed by atoms with Crippen LogP contribution in [0.4, 0.5) is 0 Å². The van der Waals surface area contributed by atoms with E-state index >= 15 is 0 Å². The maximum absolute atomic E-state index is 14.1. The first-order valence-corrected chi connectivity index (χ1v) is 17.0. The molecule has 1 fully saturated rings. The fourth-order valence-corrected chi connectivity index (χ4v) is 8.10. The molecule has 3 aliphatic rings. The molecule has 2 aromatic rings. The number of allylic oxidation sites excluding steroid dienone is 1. The van der Waals surface area contributed by atoms with E-state index in [2.05, 4.69) is 17.8 Å². The number of aliphatic hydroxyl groups is 2. The number of methoxy groups -OCH3 is 1. The van der Waals surface area contributed by atoms with E-state index in [-0.39, 0.29) is 55.7 Å². The molecule has 6 atom stereocenters. The first kappa shape index (κ1) is 35.4. The van der Waals surface area contributed by atoms with Gasteiger partial charge in [0.15, 0.2) is 0 Å². The number of phenolic OH excluding ortho intramolecular Hbond substituents is 1. The molecule has 1 heterocycles. The molecular formula is C38H50N2O8. The number of aliphatic hydroxyl groups excluding tert-OH is 2. The molecule has 1 saturated carbocycles. The highest BCUT2D eigenvalue weighted by Gasteiger charge is 2.65. The van der Waals surface area contributed by atoms with Crippen molar-refractivity contribution in [2.24, 2.45) is 22.9 Å². The van der Waals surface area contributed by atoms with Gasteiger partial charge in [-0.2, -0.15) is 0 Å². The molecule has 0 aromatic heterocycles. The van der Waals surface area contributed by atoms with Crippen molar-refractivity contribution in [2.45, 2.75) is 69.1 Å². The van der Waals surface area contributed by atoms with Gasteiger partial charge in [0.25, 0.3) is 0 Å². The van der Waals surface area contributed by atoms with Gasteiger partial charge in [-0.1, -0.05) is 42.3 Å². The Morgan fingerprint density at radius 1 is 1.10 bits per heavy atom. The number of benzene rings is 2. The highest BCUT2D eigenvalue weighted by atomic mass is 16.7. The number of ether oxygens (including phenoxy) is 3. The van der Waals surface area contributed by atoms with Crippen molar-refractivity contribution < 1.29 is 39.2 Å². The number of rotatable bonds is 16. The Balaban J connectivity index is 1.68. The average Bonchev–Trinajstić information content (AvgIpc) is 3.09. The standard InChI is InChI=1S/C38H50N2O8/c1-5-19-47-38-34(40(2)35(44)21-25-11-10-13-28(20-25)45-3)24-32(39-46-4)30-22-26(12-6-8-17-41)29(14-7-9-18-42)36(37(30)38)31-23-27(43)15-16-33(31)48-38/h5,10-11,13,15-16,20,22-23,26,29,34,36-37,41-43H,1,6-9,12,14,17-19,21,24H2,2-4H3. The Labute approximate surface area is 283 Å². The lowest BCUT2D eigenvalue weighted by molar-refractivity contribution is -0.255. The van der Waals surface area contributed by atoms with Crippen LogP contribution in [0.5, 0.6) is 17.2 Å². The highest BCUT2D eigenvalue weighted by Crippen LogP contribution is 2.61. The molecule has 5 rings (SSSR count). The van der Waals surface area contributed by atoms with E-state index in [1.54, 1.807) is 43.3 Å². The van der Waals surface area contributed by atoms with Crippen molar-refractivity contribution in [2.75, 3.05) is 41.1 Å². The number of nitrogens with zero attached hydrogens (tertiary/aromatic N) is 2. The Kier molecular flexibility index (Phi) is 11.8. The molecule has 2 aromatic carbocycles. The van der Waals surface area contributed by atoms with Gasteiger partial charge in [-0.3, -0.25) is 4.79 Å². The van der Waals surface area contributed by atoms with Gasteiger partial charge in [0.05, 0.1) is 31.8 Å². The number of oxime groups is 1. The number of hydrogen-bond acceptors (Lipinski definition) is 9. The zero-order valence-corrected chi connectivity index (χ0v) is 28.3. The van der Waals surface area contributed by atoms with Crippen molar-refractivity contribution in [1.29, 1.82) is 0 Å². The summed E-state index contributed by atoms with van der Waals surface area (Å²) in [5, 5.41) is 34.6. The summed E-state index contributed by atoms with van der Waals surface area (Å²) in [4.78, 5) is 21.3. The van der Waals surface area contributed by atoms with Gasteiger partial charge in [-0.15, -0.1) is 6.58 Å². The molecule has 0 bridgehead atoms. The minimum absolute atomic E-state index is 0.0977. The molecule has 260 valence electrons. The van der Waals surface area contributed by atoms with E-state index < -0.39 is 17.7 Å². The summed E-state index contributed by atoms with van der Waals surface area (Å²) in [6, 6.07) is 12.1. The first-order chi connectivity index (χ1) is 23.3. The maximum atomic E-state index is 14.1. The monoisotopic (exact) mass is 662 g/mol. The average molecular weight is 663 g/mol. The number of phenols is 1. The summed E-state index contributed by atoms with van der Waals surface area (Å²) in [5.74, 6) is -0.358. The molecule has 10 heteroatoms. The molecule has 1 aliphatic heterocycles. The summed E-state index contributed by atoms with van der Waals surface area (Å²) >= 11 is 0. The van der Waals surface area contributed by atoms with Crippen LogP contribution >= 0.6 is 0 Å². The number of fused-ring (bicyclic) bond motifs is 2. The summed E-state index contributed by atoms with van der Waals surface area (Å²) in [6.07, 6.45) is 9.18. The maximum Gasteiger partial charge on any atom is 0.239 e. The minimum Gasteiger partial charge on any atom is -0.508 e. The third-order valence-electron chi connectivity index (χ3n) is 10.2. The van der Waals surface area contributed by atoms with Gasteiger partial charge in [0.2, 0.25) is 11.7 Å². The van der Waals surface area contributed by atoms with Crippen LogP contribution in [0, 0.1) is 17.8 Å². The topological polar surface area (TPSA) is 130 Å². The molecule has 48 heavy (non-hydrogen) atoms. The quantitative estimate of drug-likeness (QED) is 0.124. The predicted octanol–water partition coefficient (Wildman–Crippen LogP) is 5.37. The Morgan fingerprint density at radius 2 is 1.88 bits per heavy atom.